The van der Waals surface area contributed by atoms with Crippen molar-refractivity contribution < 1.29 is 23.4 Å². The summed E-state index contributed by atoms with van der Waals surface area (Å²) in [4.78, 5) is 27.2. The van der Waals surface area contributed by atoms with Gasteiger partial charge in [-0.05, 0) is 121 Å². The zero-order chi connectivity index (χ0) is 45.6. The van der Waals surface area contributed by atoms with E-state index in [1.165, 1.54) is 44.9 Å². The first-order chi connectivity index (χ1) is 32.0. The molecule has 0 saturated carbocycles. The molecule has 8 aromatic rings. The van der Waals surface area contributed by atoms with Gasteiger partial charge in [-0.1, -0.05) is 0 Å². The van der Waals surface area contributed by atoms with E-state index in [4.69, 9.17) is 9.47 Å². The van der Waals surface area contributed by atoms with E-state index in [1.54, 1.807) is 64.3 Å². The normalized spacial score (nSPS) is 21.0. The highest BCUT2D eigenvalue weighted by atomic mass is 32.1. The van der Waals surface area contributed by atoms with Crippen LogP contribution in [0.2, 0.25) is 0 Å². The van der Waals surface area contributed by atoms with E-state index in [0.29, 0.717) is 36.4 Å². The molecular formula is C49H54F2N8O3S4. The number of hydrogen-bond donors (Lipinski definition) is 3. The van der Waals surface area contributed by atoms with Crippen LogP contribution in [0.1, 0.15) is 81.4 Å². The number of aliphatic hydroxyl groups excluding tert-OH is 1. The van der Waals surface area contributed by atoms with Crippen molar-refractivity contribution in [1.29, 1.82) is 0 Å². The standard InChI is InChI=1S/C27H31FN4O2S2.C22H23FN4OS2/c1-27(2)18(7-9-32(27)10-12-34-25-5-3-4-11-33-25)23-13-17-20(6-8-29-26(17)36-23)31-21-15-22-24(14-19(21)28)35-16-30-22;1-22(2)14(4-6-27(22)7-8-28)19-9-13-16(3-5-24-21(13)30-19)26-17-11-18-20(10-15(17)23)29-12-25-18/h6,8,13-16,18,25H,3-5,7,9-12H2,1-2H3,(H,29,31);3,5,9-12,14,28H,4,6-8H2,1-2H3,(H,24,26). The number of ether oxygens (including phenoxy) is 2. The minimum atomic E-state index is -0.288. The van der Waals surface area contributed by atoms with Crippen molar-refractivity contribution >= 4 is 109 Å². The fourth-order valence-electron chi connectivity index (χ4n) is 10.0. The quantitative estimate of drug-likeness (QED) is 0.109. The molecule has 3 fully saturated rings. The SMILES string of the molecule is CC1(C)C(c2cc3c(Nc4cc5ncsc5cc4F)ccnc3s2)CCN1CCO.CC1(C)C(c2cc3c(Nc4cc5ncsc5cc4F)ccnc3s2)CCN1CCOC1CCCCO1. The predicted octanol–water partition coefficient (Wildman–Crippen LogP) is 12.2. The fraction of sp³-hybridized carbons (Fsp3) is 0.429. The zero-order valence-corrected chi connectivity index (χ0v) is 40.7. The van der Waals surface area contributed by atoms with Gasteiger partial charge in [0, 0.05) is 75.5 Å². The summed E-state index contributed by atoms with van der Waals surface area (Å²) in [6.45, 7) is 14.4. The topological polar surface area (TPSA) is 121 Å². The minimum absolute atomic E-state index is 0.00696. The number of benzene rings is 2. The number of hydrogen-bond acceptors (Lipinski definition) is 15. The summed E-state index contributed by atoms with van der Waals surface area (Å²) in [6.07, 6.45) is 8.99. The van der Waals surface area contributed by atoms with E-state index >= 15 is 0 Å². The number of thiazole rings is 2. The summed E-state index contributed by atoms with van der Waals surface area (Å²) in [5.41, 5.74) is 7.60. The van der Waals surface area contributed by atoms with E-state index in [-0.39, 0.29) is 35.6 Å². The summed E-state index contributed by atoms with van der Waals surface area (Å²) in [7, 11) is 0. The maximum atomic E-state index is 14.8. The average Bonchev–Trinajstić information content (AvgIpc) is 4.17. The number of nitrogens with zero attached hydrogens (tertiary/aromatic N) is 6. The molecule has 11 nitrogen and oxygen atoms in total. The molecule has 3 unspecified atom stereocenters. The number of thiophene rings is 2. The summed E-state index contributed by atoms with van der Waals surface area (Å²) in [6, 6.07) is 14.9. The van der Waals surface area contributed by atoms with Crippen LogP contribution in [0.3, 0.4) is 0 Å². The largest absolute Gasteiger partial charge is 0.395 e. The highest BCUT2D eigenvalue weighted by Gasteiger charge is 2.44. The molecule has 0 aliphatic carbocycles. The maximum Gasteiger partial charge on any atom is 0.157 e. The smallest absolute Gasteiger partial charge is 0.157 e. The van der Waals surface area contributed by atoms with Gasteiger partial charge < -0.3 is 25.2 Å². The maximum absolute atomic E-state index is 14.8. The van der Waals surface area contributed by atoms with Crippen LogP contribution < -0.4 is 10.6 Å². The van der Waals surface area contributed by atoms with E-state index in [1.807, 2.05) is 12.1 Å². The van der Waals surface area contributed by atoms with Gasteiger partial charge in [-0.2, -0.15) is 0 Å². The van der Waals surface area contributed by atoms with Crippen LogP contribution >= 0.6 is 45.3 Å². The molecule has 3 atom stereocenters. The van der Waals surface area contributed by atoms with Crippen molar-refractivity contribution in [3.05, 3.63) is 93.3 Å². The lowest BCUT2D eigenvalue weighted by molar-refractivity contribution is -0.165. The van der Waals surface area contributed by atoms with Gasteiger partial charge in [-0.3, -0.25) is 9.80 Å². The van der Waals surface area contributed by atoms with E-state index in [0.717, 1.165) is 104 Å². The summed E-state index contributed by atoms with van der Waals surface area (Å²) in [5, 5.41) is 18.0. The molecule has 9 heterocycles. The second-order valence-corrected chi connectivity index (χ2v) is 22.3. The molecule has 0 bridgehead atoms. The highest BCUT2D eigenvalue weighted by Crippen LogP contribution is 2.48. The number of pyridine rings is 2. The first-order valence-electron chi connectivity index (χ1n) is 22.7. The third kappa shape index (κ3) is 9.06. The monoisotopic (exact) mass is 968 g/mol. The lowest BCUT2D eigenvalue weighted by atomic mass is 9.87. The summed E-state index contributed by atoms with van der Waals surface area (Å²) < 4.78 is 42.8. The Labute approximate surface area is 398 Å². The number of halogens is 2. The van der Waals surface area contributed by atoms with Crippen molar-refractivity contribution in [2.45, 2.75) is 89.0 Å². The Balaban J connectivity index is 0.000000158. The average molecular weight is 969 g/mol. The lowest BCUT2D eigenvalue weighted by Crippen LogP contribution is -2.43. The molecule has 17 heteroatoms. The lowest BCUT2D eigenvalue weighted by Gasteiger charge is -2.36. The Morgan fingerprint density at radius 1 is 0.697 bits per heavy atom. The summed E-state index contributed by atoms with van der Waals surface area (Å²) >= 11 is 6.33. The van der Waals surface area contributed by atoms with Crippen LogP contribution in [0.5, 0.6) is 0 Å². The van der Waals surface area contributed by atoms with Crippen molar-refractivity contribution in [2.24, 2.45) is 0 Å². The van der Waals surface area contributed by atoms with Gasteiger partial charge in [0.05, 0.1) is 67.4 Å². The predicted molar refractivity (Wildman–Crippen MR) is 268 cm³/mol. The molecule has 3 N–H and O–H groups in total. The first-order valence-corrected chi connectivity index (χ1v) is 26.1. The van der Waals surface area contributed by atoms with Crippen LogP contribution in [-0.4, -0.2) is 98.2 Å². The van der Waals surface area contributed by atoms with Gasteiger partial charge in [0.1, 0.15) is 21.3 Å². The van der Waals surface area contributed by atoms with E-state index < -0.39 is 0 Å². The first kappa shape index (κ1) is 45.5. The zero-order valence-electron chi connectivity index (χ0n) is 37.5. The molecule has 346 valence electrons. The van der Waals surface area contributed by atoms with Crippen molar-refractivity contribution in [2.75, 3.05) is 56.6 Å². The molecule has 6 aromatic heterocycles. The number of fused-ring (bicyclic) bond motifs is 4. The van der Waals surface area contributed by atoms with Crippen molar-refractivity contribution in [3.8, 4) is 0 Å². The van der Waals surface area contributed by atoms with E-state index in [9.17, 15) is 13.9 Å². The molecule has 3 saturated heterocycles. The second-order valence-electron chi connectivity index (χ2n) is 18.4. The molecule has 3 aliphatic rings. The third-order valence-electron chi connectivity index (χ3n) is 13.9. The number of anilines is 4. The van der Waals surface area contributed by atoms with E-state index in [2.05, 4.69) is 80.2 Å². The molecule has 3 aliphatic heterocycles. The Morgan fingerprint density at radius 2 is 1.23 bits per heavy atom. The molecule has 66 heavy (non-hydrogen) atoms. The van der Waals surface area contributed by atoms with Crippen molar-refractivity contribution in [3.63, 3.8) is 0 Å². The van der Waals surface area contributed by atoms with Crippen molar-refractivity contribution in [1.82, 2.24) is 29.7 Å². The van der Waals surface area contributed by atoms with Gasteiger partial charge in [0.2, 0.25) is 0 Å². The number of aromatic nitrogens is 4. The van der Waals surface area contributed by atoms with Gasteiger partial charge in [0.25, 0.3) is 0 Å². The number of aliphatic hydroxyl groups is 1. The number of nitrogens with one attached hydrogen (secondary N) is 2. The Morgan fingerprint density at radius 3 is 1.73 bits per heavy atom. The van der Waals surface area contributed by atoms with Gasteiger partial charge in [-0.15, -0.1) is 45.3 Å². The van der Waals surface area contributed by atoms with Crippen LogP contribution in [0.15, 0.2) is 71.9 Å². The third-order valence-corrected chi connectivity index (χ3v) is 17.8. The Bertz CT molecular complexity index is 2980. The van der Waals surface area contributed by atoms with Gasteiger partial charge in [-0.25, -0.2) is 28.7 Å². The second kappa shape index (κ2) is 19.0. The highest BCUT2D eigenvalue weighted by molar-refractivity contribution is 7.19. The Kier molecular flexibility index (Phi) is 13.1. The summed E-state index contributed by atoms with van der Waals surface area (Å²) in [5.74, 6) is 0.210. The van der Waals surface area contributed by atoms with Crippen LogP contribution in [0.25, 0.3) is 40.9 Å². The molecule has 11 rings (SSSR count). The number of rotatable bonds is 12. The molecular weight excluding hydrogens is 915 g/mol. The van der Waals surface area contributed by atoms with Crippen LogP contribution in [0, 0.1) is 11.6 Å². The number of β-amino-alcohol motifs (C(OH)–C–C–N with tert-alkyl or cyclic N) is 1. The number of likely N-dealkylation sites (tertiary alicyclic amines) is 2. The van der Waals surface area contributed by atoms with Crippen LogP contribution in [0.4, 0.5) is 31.5 Å². The molecule has 0 spiro atoms. The Hall–Kier alpha value is -4.30. The molecule has 0 amide bonds. The molecule has 2 aromatic carbocycles. The minimum Gasteiger partial charge on any atom is -0.395 e. The van der Waals surface area contributed by atoms with Gasteiger partial charge in [0.15, 0.2) is 6.29 Å². The fourth-order valence-corrected chi connectivity index (χ4v) is 14.1. The molecule has 0 radical (unpaired) electrons. The van der Waals surface area contributed by atoms with Crippen LogP contribution in [-0.2, 0) is 9.47 Å². The van der Waals surface area contributed by atoms with Gasteiger partial charge >= 0.3 is 0 Å².